The van der Waals surface area contributed by atoms with Crippen LogP contribution in [0.3, 0.4) is 0 Å². The van der Waals surface area contributed by atoms with Gasteiger partial charge in [0.1, 0.15) is 6.04 Å². The number of nitrogens with zero attached hydrogens (tertiary/aromatic N) is 1. The zero-order chi connectivity index (χ0) is 16.3. The molecule has 122 valence electrons. The van der Waals surface area contributed by atoms with Crippen molar-refractivity contribution in [1.82, 2.24) is 10.2 Å². The van der Waals surface area contributed by atoms with E-state index in [1.54, 1.807) is 16.2 Å². The number of carbonyl (C=O) groups is 2. The van der Waals surface area contributed by atoms with Crippen LogP contribution >= 0.6 is 11.3 Å². The lowest BCUT2D eigenvalue weighted by Crippen LogP contribution is -2.46. The number of nitrogens with one attached hydrogen (secondary N) is 1. The molecule has 2 amide bonds. The third-order valence-electron chi connectivity index (χ3n) is 4.24. The number of aryl methyl sites for hydroxylation is 2. The van der Waals surface area contributed by atoms with Crippen LogP contribution in [0.15, 0.2) is 6.07 Å². The predicted molar refractivity (Wildman–Crippen MR) is 90.0 cm³/mol. The van der Waals surface area contributed by atoms with Crippen molar-refractivity contribution in [1.29, 1.82) is 0 Å². The van der Waals surface area contributed by atoms with Crippen LogP contribution in [0, 0.1) is 13.8 Å². The highest BCUT2D eigenvalue weighted by Crippen LogP contribution is 2.27. The Bertz CT molecular complexity index is 553. The van der Waals surface area contributed by atoms with Crippen molar-refractivity contribution >= 4 is 23.2 Å². The van der Waals surface area contributed by atoms with Crippen molar-refractivity contribution < 1.29 is 9.59 Å². The molecule has 1 aliphatic rings. The van der Waals surface area contributed by atoms with Gasteiger partial charge in [-0.25, -0.2) is 0 Å². The van der Waals surface area contributed by atoms with Crippen LogP contribution in [0.1, 0.15) is 60.9 Å². The van der Waals surface area contributed by atoms with Crippen LogP contribution < -0.4 is 5.32 Å². The highest BCUT2D eigenvalue weighted by molar-refractivity contribution is 7.12. The van der Waals surface area contributed by atoms with Gasteiger partial charge >= 0.3 is 0 Å². The first-order valence-electron chi connectivity index (χ1n) is 8.10. The van der Waals surface area contributed by atoms with Crippen LogP contribution in [-0.2, 0) is 9.59 Å². The first-order valence-corrected chi connectivity index (χ1v) is 8.92. The molecule has 4 nitrogen and oxygen atoms in total. The van der Waals surface area contributed by atoms with E-state index in [2.05, 4.69) is 25.2 Å². The highest BCUT2D eigenvalue weighted by atomic mass is 32.1. The first-order chi connectivity index (χ1) is 10.4. The summed E-state index contributed by atoms with van der Waals surface area (Å²) in [4.78, 5) is 29.0. The van der Waals surface area contributed by atoms with E-state index in [4.69, 9.17) is 0 Å². The largest absolute Gasteiger partial charge is 0.348 e. The molecule has 2 atom stereocenters. The molecule has 2 heterocycles. The van der Waals surface area contributed by atoms with Crippen LogP contribution in [-0.4, -0.2) is 29.3 Å². The Morgan fingerprint density at radius 2 is 2.18 bits per heavy atom. The predicted octanol–water partition coefficient (Wildman–Crippen LogP) is 3.33. The molecular weight excluding hydrogens is 296 g/mol. The van der Waals surface area contributed by atoms with E-state index in [1.807, 2.05) is 13.8 Å². The van der Waals surface area contributed by atoms with Gasteiger partial charge in [0, 0.05) is 22.7 Å². The summed E-state index contributed by atoms with van der Waals surface area (Å²) < 4.78 is 0. The monoisotopic (exact) mass is 322 g/mol. The number of thiophene rings is 1. The van der Waals surface area contributed by atoms with E-state index in [0.29, 0.717) is 13.0 Å². The first kappa shape index (κ1) is 17.0. The third kappa shape index (κ3) is 3.69. The van der Waals surface area contributed by atoms with Gasteiger partial charge in [-0.05, 0) is 51.7 Å². The maximum Gasteiger partial charge on any atom is 0.243 e. The Labute approximate surface area is 136 Å². The number of rotatable bonds is 5. The van der Waals surface area contributed by atoms with Crippen molar-refractivity contribution in [2.75, 3.05) is 6.54 Å². The van der Waals surface area contributed by atoms with E-state index in [0.717, 1.165) is 19.3 Å². The van der Waals surface area contributed by atoms with Crippen molar-refractivity contribution in [3.05, 3.63) is 21.4 Å². The van der Waals surface area contributed by atoms with Crippen molar-refractivity contribution in [3.8, 4) is 0 Å². The quantitative estimate of drug-likeness (QED) is 0.904. The molecule has 0 radical (unpaired) electrons. The summed E-state index contributed by atoms with van der Waals surface area (Å²) in [6.07, 6.45) is 3.05. The molecule has 1 aromatic heterocycles. The Morgan fingerprint density at radius 1 is 1.45 bits per heavy atom. The Balaban J connectivity index is 2.01. The SMILES string of the molecule is CCCC(=O)N1CCC[C@H]1C(=O)N[C@H](C)c1cc(C)sc1C. The van der Waals surface area contributed by atoms with Crippen LogP contribution in [0.5, 0.6) is 0 Å². The molecule has 0 bridgehead atoms. The second-order valence-corrected chi connectivity index (χ2v) is 7.55. The summed E-state index contributed by atoms with van der Waals surface area (Å²) in [7, 11) is 0. The van der Waals surface area contributed by atoms with Gasteiger partial charge in [-0.15, -0.1) is 11.3 Å². The molecule has 0 aliphatic carbocycles. The molecule has 0 spiro atoms. The summed E-state index contributed by atoms with van der Waals surface area (Å²) in [6.45, 7) is 8.88. The van der Waals surface area contributed by atoms with E-state index < -0.39 is 0 Å². The minimum absolute atomic E-state index is 0.0128. The molecule has 1 fully saturated rings. The Morgan fingerprint density at radius 3 is 2.77 bits per heavy atom. The zero-order valence-electron chi connectivity index (χ0n) is 13.9. The zero-order valence-corrected chi connectivity index (χ0v) is 14.8. The number of amides is 2. The average molecular weight is 322 g/mol. The smallest absolute Gasteiger partial charge is 0.243 e. The normalized spacial score (nSPS) is 19.3. The Kier molecular flexibility index (Phi) is 5.62. The number of likely N-dealkylation sites (tertiary alicyclic amines) is 1. The van der Waals surface area contributed by atoms with Gasteiger partial charge in [-0.3, -0.25) is 9.59 Å². The lowest BCUT2D eigenvalue weighted by molar-refractivity contribution is -0.138. The second kappa shape index (κ2) is 7.27. The van der Waals surface area contributed by atoms with Crippen molar-refractivity contribution in [2.45, 2.75) is 65.5 Å². The minimum atomic E-state index is -0.290. The minimum Gasteiger partial charge on any atom is -0.348 e. The summed E-state index contributed by atoms with van der Waals surface area (Å²) >= 11 is 1.75. The van der Waals surface area contributed by atoms with Gasteiger partial charge in [0.2, 0.25) is 11.8 Å². The maximum atomic E-state index is 12.6. The molecule has 0 aromatic carbocycles. The van der Waals surface area contributed by atoms with Crippen LogP contribution in [0.25, 0.3) is 0 Å². The van der Waals surface area contributed by atoms with Gasteiger partial charge < -0.3 is 10.2 Å². The molecule has 22 heavy (non-hydrogen) atoms. The number of hydrogen-bond donors (Lipinski definition) is 1. The average Bonchev–Trinajstić information content (AvgIpc) is 3.05. The standard InChI is InChI=1S/C17H26N2O2S/c1-5-7-16(20)19-9-6-8-15(19)17(21)18-12(3)14-10-11(2)22-13(14)4/h10,12,15H,5-9H2,1-4H3,(H,18,21)/t12-,15+/m1/s1. The maximum absolute atomic E-state index is 12.6. The highest BCUT2D eigenvalue weighted by Gasteiger charge is 2.34. The lowest BCUT2D eigenvalue weighted by atomic mass is 10.1. The molecule has 1 aromatic rings. The summed E-state index contributed by atoms with van der Waals surface area (Å²) in [5.74, 6) is 0.0908. The van der Waals surface area contributed by atoms with Gasteiger partial charge in [0.15, 0.2) is 0 Å². The molecule has 1 aliphatic heterocycles. The van der Waals surface area contributed by atoms with E-state index in [1.165, 1.54) is 15.3 Å². The van der Waals surface area contributed by atoms with E-state index in [9.17, 15) is 9.59 Å². The molecule has 1 N–H and O–H groups in total. The summed E-state index contributed by atoms with van der Waals surface area (Å²) in [6, 6.07) is 1.84. The lowest BCUT2D eigenvalue weighted by Gasteiger charge is -2.25. The number of hydrogen-bond acceptors (Lipinski definition) is 3. The Hall–Kier alpha value is -1.36. The van der Waals surface area contributed by atoms with Crippen LogP contribution in [0.4, 0.5) is 0 Å². The fourth-order valence-electron chi connectivity index (χ4n) is 3.16. The van der Waals surface area contributed by atoms with Crippen molar-refractivity contribution in [2.24, 2.45) is 0 Å². The third-order valence-corrected chi connectivity index (χ3v) is 5.23. The van der Waals surface area contributed by atoms with Gasteiger partial charge in [0.05, 0.1) is 6.04 Å². The van der Waals surface area contributed by atoms with E-state index in [-0.39, 0.29) is 23.9 Å². The van der Waals surface area contributed by atoms with Gasteiger partial charge in [0.25, 0.3) is 0 Å². The molecule has 1 saturated heterocycles. The molecule has 0 saturated carbocycles. The second-order valence-electron chi connectivity index (χ2n) is 6.09. The fraction of sp³-hybridized carbons (Fsp3) is 0.647. The summed E-state index contributed by atoms with van der Waals surface area (Å²) in [5.41, 5.74) is 1.18. The molecular formula is C17H26N2O2S. The van der Waals surface area contributed by atoms with Gasteiger partial charge in [-0.1, -0.05) is 6.92 Å². The molecule has 5 heteroatoms. The molecule has 2 rings (SSSR count). The number of carbonyl (C=O) groups excluding carboxylic acids is 2. The van der Waals surface area contributed by atoms with Crippen molar-refractivity contribution in [3.63, 3.8) is 0 Å². The summed E-state index contributed by atoms with van der Waals surface area (Å²) in [5, 5.41) is 3.09. The van der Waals surface area contributed by atoms with E-state index >= 15 is 0 Å². The van der Waals surface area contributed by atoms with Crippen LogP contribution in [0.2, 0.25) is 0 Å². The molecule has 0 unspecified atom stereocenters. The fourth-order valence-corrected chi connectivity index (χ4v) is 4.19. The topological polar surface area (TPSA) is 49.4 Å². The van der Waals surface area contributed by atoms with Gasteiger partial charge in [-0.2, -0.15) is 0 Å².